The molecule has 1 rings (SSSR count). The maximum absolute atomic E-state index is 4.19. The summed E-state index contributed by atoms with van der Waals surface area (Å²) in [5, 5.41) is 3.22. The smallest absolute Gasteiger partial charge is 0.222 e. The largest absolute Gasteiger partial charge is 0.354 e. The highest BCUT2D eigenvalue weighted by atomic mass is 32.2. The predicted molar refractivity (Wildman–Crippen MR) is 67.5 cm³/mol. The highest BCUT2D eigenvalue weighted by molar-refractivity contribution is 7.98. The number of thioether (sulfide) groups is 1. The molecular weight excluding hydrogens is 206 g/mol. The first-order valence-corrected chi connectivity index (χ1v) is 6.74. The Kier molecular flexibility index (Phi) is 6.16. The summed E-state index contributed by atoms with van der Waals surface area (Å²) >= 11 is 1.91. The number of nitrogens with zero attached hydrogens (tertiary/aromatic N) is 2. The SMILES string of the molecule is CSCCCCCNc1ncc(C)cn1. The highest BCUT2D eigenvalue weighted by Gasteiger charge is 1.94. The van der Waals surface area contributed by atoms with E-state index in [9.17, 15) is 0 Å². The van der Waals surface area contributed by atoms with Gasteiger partial charge in [-0.1, -0.05) is 6.42 Å². The summed E-state index contributed by atoms with van der Waals surface area (Å²) in [7, 11) is 0. The molecule has 84 valence electrons. The number of hydrogen-bond donors (Lipinski definition) is 1. The normalized spacial score (nSPS) is 10.3. The Bertz CT molecular complexity index is 261. The van der Waals surface area contributed by atoms with Crippen LogP contribution in [0, 0.1) is 6.92 Å². The Morgan fingerprint density at radius 3 is 2.60 bits per heavy atom. The molecule has 0 aromatic carbocycles. The van der Waals surface area contributed by atoms with E-state index >= 15 is 0 Å². The molecule has 0 atom stereocenters. The van der Waals surface area contributed by atoms with E-state index in [4.69, 9.17) is 0 Å². The molecule has 3 nitrogen and oxygen atoms in total. The summed E-state index contributed by atoms with van der Waals surface area (Å²) in [5.41, 5.74) is 1.10. The summed E-state index contributed by atoms with van der Waals surface area (Å²) in [6.07, 6.45) is 9.60. The maximum atomic E-state index is 4.19. The van der Waals surface area contributed by atoms with Crippen LogP contribution in [0.15, 0.2) is 12.4 Å². The number of rotatable bonds is 7. The van der Waals surface area contributed by atoms with Crippen LogP contribution in [-0.2, 0) is 0 Å². The van der Waals surface area contributed by atoms with E-state index in [0.29, 0.717) is 0 Å². The van der Waals surface area contributed by atoms with Gasteiger partial charge in [0.05, 0.1) is 0 Å². The number of hydrogen-bond acceptors (Lipinski definition) is 4. The summed E-state index contributed by atoms with van der Waals surface area (Å²) in [6.45, 7) is 2.96. The van der Waals surface area contributed by atoms with Crippen molar-refractivity contribution < 1.29 is 0 Å². The van der Waals surface area contributed by atoms with Crippen LogP contribution in [0.25, 0.3) is 0 Å². The van der Waals surface area contributed by atoms with Crippen LogP contribution >= 0.6 is 11.8 Å². The van der Waals surface area contributed by atoms with Crippen molar-refractivity contribution in [3.05, 3.63) is 18.0 Å². The average Bonchev–Trinajstić information content (AvgIpc) is 2.26. The Morgan fingerprint density at radius 1 is 1.20 bits per heavy atom. The molecule has 0 aliphatic heterocycles. The molecule has 15 heavy (non-hydrogen) atoms. The van der Waals surface area contributed by atoms with Crippen LogP contribution in [0.3, 0.4) is 0 Å². The van der Waals surface area contributed by atoms with Crippen molar-refractivity contribution in [1.82, 2.24) is 9.97 Å². The molecule has 0 aliphatic carbocycles. The molecule has 4 heteroatoms. The summed E-state index contributed by atoms with van der Waals surface area (Å²) < 4.78 is 0. The molecule has 1 aromatic rings. The van der Waals surface area contributed by atoms with Crippen molar-refractivity contribution in [2.45, 2.75) is 26.2 Å². The van der Waals surface area contributed by atoms with E-state index < -0.39 is 0 Å². The number of anilines is 1. The van der Waals surface area contributed by atoms with E-state index in [0.717, 1.165) is 18.1 Å². The third-order valence-corrected chi connectivity index (χ3v) is 2.79. The first-order chi connectivity index (χ1) is 7.33. The van der Waals surface area contributed by atoms with E-state index in [1.165, 1.54) is 25.0 Å². The predicted octanol–water partition coefficient (Wildman–Crippen LogP) is 2.73. The molecular formula is C11H19N3S. The van der Waals surface area contributed by atoms with Crippen LogP contribution in [0.5, 0.6) is 0 Å². The fraction of sp³-hybridized carbons (Fsp3) is 0.636. The van der Waals surface area contributed by atoms with Gasteiger partial charge in [0.2, 0.25) is 5.95 Å². The van der Waals surface area contributed by atoms with Gasteiger partial charge in [0.15, 0.2) is 0 Å². The van der Waals surface area contributed by atoms with Crippen molar-refractivity contribution in [1.29, 1.82) is 0 Å². The molecule has 0 fully saturated rings. The van der Waals surface area contributed by atoms with Gasteiger partial charge in [-0.3, -0.25) is 0 Å². The zero-order valence-corrected chi connectivity index (χ0v) is 10.3. The number of unbranched alkanes of at least 4 members (excludes halogenated alkanes) is 2. The van der Waals surface area contributed by atoms with Crippen molar-refractivity contribution in [3.63, 3.8) is 0 Å². The zero-order chi connectivity index (χ0) is 10.9. The van der Waals surface area contributed by atoms with E-state index in [1.807, 2.05) is 31.1 Å². The Labute approximate surface area is 96.1 Å². The summed E-state index contributed by atoms with van der Waals surface area (Å²) in [6, 6.07) is 0. The van der Waals surface area contributed by atoms with Gasteiger partial charge in [-0.2, -0.15) is 11.8 Å². The van der Waals surface area contributed by atoms with Crippen LogP contribution in [-0.4, -0.2) is 28.5 Å². The van der Waals surface area contributed by atoms with Crippen LogP contribution in [0.1, 0.15) is 24.8 Å². The van der Waals surface area contributed by atoms with Gasteiger partial charge in [0.25, 0.3) is 0 Å². The molecule has 0 spiro atoms. The van der Waals surface area contributed by atoms with Crippen molar-refractivity contribution in [2.75, 3.05) is 23.9 Å². The van der Waals surface area contributed by atoms with E-state index in [1.54, 1.807) is 0 Å². The Hall–Kier alpha value is -0.770. The highest BCUT2D eigenvalue weighted by Crippen LogP contribution is 2.03. The van der Waals surface area contributed by atoms with Crippen LogP contribution < -0.4 is 5.32 Å². The second kappa shape index (κ2) is 7.51. The van der Waals surface area contributed by atoms with E-state index in [-0.39, 0.29) is 0 Å². The first-order valence-electron chi connectivity index (χ1n) is 5.34. The van der Waals surface area contributed by atoms with E-state index in [2.05, 4.69) is 21.5 Å². The van der Waals surface area contributed by atoms with Crippen molar-refractivity contribution in [2.24, 2.45) is 0 Å². The lowest BCUT2D eigenvalue weighted by Gasteiger charge is -2.04. The molecule has 0 aliphatic rings. The monoisotopic (exact) mass is 225 g/mol. The summed E-state index contributed by atoms with van der Waals surface area (Å²) in [5.74, 6) is 2.01. The molecule has 1 aromatic heterocycles. The maximum Gasteiger partial charge on any atom is 0.222 e. The molecule has 0 bridgehead atoms. The second-order valence-corrected chi connectivity index (χ2v) is 4.55. The van der Waals surface area contributed by atoms with Gasteiger partial charge in [-0.05, 0) is 37.3 Å². The Balaban J connectivity index is 2.07. The standard InChI is InChI=1S/C11H19N3S/c1-10-8-13-11(14-9-10)12-6-4-3-5-7-15-2/h8-9H,3-7H2,1-2H3,(H,12,13,14). The number of aromatic nitrogens is 2. The molecule has 0 saturated carbocycles. The molecule has 0 amide bonds. The van der Waals surface area contributed by atoms with Gasteiger partial charge in [0.1, 0.15) is 0 Å². The average molecular weight is 225 g/mol. The molecule has 0 unspecified atom stereocenters. The number of aryl methyl sites for hydroxylation is 1. The van der Waals surface area contributed by atoms with Crippen molar-refractivity contribution in [3.8, 4) is 0 Å². The van der Waals surface area contributed by atoms with Crippen molar-refractivity contribution >= 4 is 17.7 Å². The van der Waals surface area contributed by atoms with Crippen LogP contribution in [0.2, 0.25) is 0 Å². The summed E-state index contributed by atoms with van der Waals surface area (Å²) in [4.78, 5) is 8.37. The fourth-order valence-electron chi connectivity index (χ4n) is 1.23. The van der Waals surface area contributed by atoms with Gasteiger partial charge in [0, 0.05) is 18.9 Å². The zero-order valence-electron chi connectivity index (χ0n) is 9.49. The molecule has 0 saturated heterocycles. The molecule has 0 radical (unpaired) electrons. The minimum Gasteiger partial charge on any atom is -0.354 e. The quantitative estimate of drug-likeness (QED) is 0.724. The molecule has 1 heterocycles. The minimum atomic E-state index is 0.741. The van der Waals surface area contributed by atoms with Crippen LogP contribution in [0.4, 0.5) is 5.95 Å². The molecule has 1 N–H and O–H groups in total. The fourth-order valence-corrected chi connectivity index (χ4v) is 1.73. The van der Waals surface area contributed by atoms with Gasteiger partial charge in [-0.15, -0.1) is 0 Å². The van der Waals surface area contributed by atoms with Gasteiger partial charge in [-0.25, -0.2) is 9.97 Å². The first kappa shape index (κ1) is 12.3. The Morgan fingerprint density at radius 2 is 1.93 bits per heavy atom. The van der Waals surface area contributed by atoms with Gasteiger partial charge < -0.3 is 5.32 Å². The lowest BCUT2D eigenvalue weighted by Crippen LogP contribution is -2.05. The number of nitrogens with one attached hydrogen (secondary N) is 1. The minimum absolute atomic E-state index is 0.741. The second-order valence-electron chi connectivity index (χ2n) is 3.56. The lowest BCUT2D eigenvalue weighted by molar-refractivity contribution is 0.746. The topological polar surface area (TPSA) is 37.8 Å². The third kappa shape index (κ3) is 5.62. The lowest BCUT2D eigenvalue weighted by atomic mass is 10.2. The third-order valence-electron chi connectivity index (χ3n) is 2.09. The van der Waals surface area contributed by atoms with Gasteiger partial charge >= 0.3 is 0 Å².